The number of hydrogen-bond acceptors (Lipinski definition) is 3. The molecule has 1 aliphatic rings. The predicted molar refractivity (Wildman–Crippen MR) is 44.9 cm³/mol. The summed E-state index contributed by atoms with van der Waals surface area (Å²) < 4.78 is 103. The van der Waals surface area contributed by atoms with E-state index in [0.717, 1.165) is 0 Å². The van der Waals surface area contributed by atoms with E-state index in [1.54, 1.807) is 0 Å². The summed E-state index contributed by atoms with van der Waals surface area (Å²) in [6.45, 7) is 0. The molecule has 1 unspecified atom stereocenters. The van der Waals surface area contributed by atoms with Gasteiger partial charge in [-0.1, -0.05) is 0 Å². The average molecular weight is 342 g/mol. The highest BCUT2D eigenvalue weighted by molar-refractivity contribution is 6.26. The molecule has 0 radical (unpaired) electrons. The molecular formula is C6HCl2F8NO2. The van der Waals surface area contributed by atoms with Crippen LogP contribution >= 0.6 is 23.2 Å². The molecule has 1 aliphatic heterocycles. The van der Waals surface area contributed by atoms with E-state index in [9.17, 15) is 35.1 Å². The maximum absolute atomic E-state index is 12.8. The second-order valence-corrected chi connectivity index (χ2v) is 4.09. The smallest absolute Gasteiger partial charge is 0.419 e. The quantitative estimate of drug-likeness (QED) is 0.580. The molecular weight excluding hydrogens is 341 g/mol. The molecule has 0 aromatic heterocycles. The Bertz CT molecular complexity index is 372. The van der Waals surface area contributed by atoms with Crippen LogP contribution in [0.25, 0.3) is 0 Å². The first kappa shape index (κ1) is 16.3. The predicted octanol–water partition coefficient (Wildman–Crippen LogP) is 3.61. The van der Waals surface area contributed by atoms with E-state index in [1.165, 1.54) is 0 Å². The van der Waals surface area contributed by atoms with Gasteiger partial charge in [0.05, 0.1) is 0 Å². The van der Waals surface area contributed by atoms with Crippen LogP contribution in [-0.2, 0) is 9.57 Å². The molecule has 0 saturated heterocycles. The van der Waals surface area contributed by atoms with Gasteiger partial charge in [-0.15, -0.1) is 0 Å². The van der Waals surface area contributed by atoms with Crippen LogP contribution in [0, 0.1) is 0 Å². The first-order chi connectivity index (χ1) is 8.22. The van der Waals surface area contributed by atoms with Gasteiger partial charge in [-0.25, -0.2) is 4.39 Å². The number of alkyl halides is 10. The Labute approximate surface area is 109 Å². The molecule has 0 spiro atoms. The maximum atomic E-state index is 12.8. The molecule has 1 rings (SSSR count). The van der Waals surface area contributed by atoms with Crippen molar-refractivity contribution in [3.8, 4) is 0 Å². The second-order valence-electron chi connectivity index (χ2n) is 3.14. The van der Waals surface area contributed by atoms with E-state index in [1.807, 2.05) is 0 Å². The van der Waals surface area contributed by atoms with Crippen molar-refractivity contribution < 1.29 is 44.7 Å². The summed E-state index contributed by atoms with van der Waals surface area (Å²) >= 11 is 8.48. The Hall–Kier alpha value is -0.710. The zero-order chi connectivity index (χ0) is 15.3. The van der Waals surface area contributed by atoms with E-state index in [-0.39, 0.29) is 0 Å². The highest BCUT2D eigenvalue weighted by Crippen LogP contribution is 2.52. The Morgan fingerprint density at radius 1 is 1.00 bits per heavy atom. The number of nitrogens with zero attached hydrogens (tertiary/aromatic N) is 1. The topological polar surface area (TPSA) is 30.8 Å². The van der Waals surface area contributed by atoms with Gasteiger partial charge in [0, 0.05) is 0 Å². The van der Waals surface area contributed by atoms with Gasteiger partial charge in [-0.2, -0.15) is 30.7 Å². The first-order valence-electron chi connectivity index (χ1n) is 4.01. The van der Waals surface area contributed by atoms with Crippen LogP contribution in [0.5, 0.6) is 0 Å². The summed E-state index contributed by atoms with van der Waals surface area (Å²) in [5, 5.41) is -8.15. The number of hydrogen-bond donors (Lipinski definition) is 0. The molecule has 0 amide bonds. The van der Waals surface area contributed by atoms with Crippen molar-refractivity contribution in [3.63, 3.8) is 0 Å². The summed E-state index contributed by atoms with van der Waals surface area (Å²) in [4.78, 5) is 3.36. The van der Waals surface area contributed by atoms with Gasteiger partial charge in [-0.05, 0) is 28.4 Å². The van der Waals surface area contributed by atoms with Crippen molar-refractivity contribution in [3.05, 3.63) is 0 Å². The number of oxime groups is 1. The molecule has 112 valence electrons. The number of rotatable bonds is 3. The van der Waals surface area contributed by atoms with E-state index in [0.29, 0.717) is 0 Å². The fourth-order valence-corrected chi connectivity index (χ4v) is 1.34. The standard InChI is InChI=1S/C6HCl2F8NO2/c7-5(13,14)4(6(8,15)16)18-2(17-19-4)1(9)3(10,11)12/h1H. The van der Waals surface area contributed by atoms with E-state index < -0.39 is 34.8 Å². The van der Waals surface area contributed by atoms with Gasteiger partial charge in [-0.3, -0.25) is 0 Å². The molecule has 0 aromatic rings. The maximum Gasteiger partial charge on any atom is 0.434 e. The highest BCUT2D eigenvalue weighted by Gasteiger charge is 2.77. The lowest BCUT2D eigenvalue weighted by Gasteiger charge is -2.32. The molecule has 0 N–H and O–H groups in total. The van der Waals surface area contributed by atoms with Gasteiger partial charge in [0.25, 0.3) is 12.1 Å². The normalized spacial score (nSPS) is 21.5. The van der Waals surface area contributed by atoms with Gasteiger partial charge < -0.3 is 9.57 Å². The minimum absolute atomic E-state index is 2.06. The fraction of sp³-hybridized carbons (Fsp3) is 0.833. The molecule has 19 heavy (non-hydrogen) atoms. The van der Waals surface area contributed by atoms with Crippen LogP contribution in [0.15, 0.2) is 5.16 Å². The zero-order valence-corrected chi connectivity index (χ0v) is 9.63. The summed E-state index contributed by atoms with van der Waals surface area (Å²) in [5.41, 5.74) is 0. The summed E-state index contributed by atoms with van der Waals surface area (Å²) in [6, 6.07) is 0. The van der Waals surface area contributed by atoms with Gasteiger partial charge >= 0.3 is 22.7 Å². The molecule has 0 aromatic carbocycles. The molecule has 0 bridgehead atoms. The van der Waals surface area contributed by atoms with Gasteiger partial charge in [0.1, 0.15) is 0 Å². The molecule has 3 nitrogen and oxygen atoms in total. The Morgan fingerprint density at radius 3 is 1.68 bits per heavy atom. The van der Waals surface area contributed by atoms with Crippen LogP contribution in [0.1, 0.15) is 0 Å². The number of halogens is 10. The Kier molecular flexibility index (Phi) is 3.79. The third-order valence-corrected chi connectivity index (χ3v) is 2.26. The van der Waals surface area contributed by atoms with Crippen molar-refractivity contribution in [1.29, 1.82) is 0 Å². The van der Waals surface area contributed by atoms with Gasteiger partial charge in [0.2, 0.25) is 0 Å². The van der Waals surface area contributed by atoms with E-state index in [2.05, 4.69) is 37.9 Å². The number of ether oxygens (including phenoxy) is 1. The lowest BCUT2D eigenvalue weighted by atomic mass is 10.3. The van der Waals surface area contributed by atoms with Crippen LogP contribution < -0.4 is 0 Å². The lowest BCUT2D eigenvalue weighted by molar-refractivity contribution is -0.324. The molecule has 1 heterocycles. The Morgan fingerprint density at radius 2 is 1.42 bits per heavy atom. The minimum Gasteiger partial charge on any atom is -0.419 e. The minimum atomic E-state index is -5.64. The largest absolute Gasteiger partial charge is 0.434 e. The van der Waals surface area contributed by atoms with E-state index in [4.69, 9.17) is 0 Å². The van der Waals surface area contributed by atoms with Crippen molar-refractivity contribution in [2.45, 2.75) is 28.9 Å². The second kappa shape index (κ2) is 4.40. The molecule has 0 fully saturated rings. The van der Waals surface area contributed by atoms with Crippen LogP contribution in [0.4, 0.5) is 35.1 Å². The highest BCUT2D eigenvalue weighted by atomic mass is 35.5. The van der Waals surface area contributed by atoms with Crippen LogP contribution in [-0.4, -0.2) is 34.8 Å². The fourth-order valence-electron chi connectivity index (χ4n) is 0.912. The molecule has 13 heteroatoms. The van der Waals surface area contributed by atoms with Gasteiger partial charge in [0.15, 0.2) is 0 Å². The van der Waals surface area contributed by atoms with Crippen molar-refractivity contribution in [2.24, 2.45) is 5.16 Å². The average Bonchev–Trinajstić information content (AvgIpc) is 2.58. The summed E-state index contributed by atoms with van der Waals surface area (Å²) in [6.07, 6.45) is -9.70. The van der Waals surface area contributed by atoms with Crippen molar-refractivity contribution in [2.75, 3.05) is 0 Å². The van der Waals surface area contributed by atoms with E-state index >= 15 is 0 Å². The van der Waals surface area contributed by atoms with Crippen molar-refractivity contribution in [1.82, 2.24) is 0 Å². The molecule has 0 saturated carbocycles. The Balaban J connectivity index is 3.08. The summed E-state index contributed by atoms with van der Waals surface area (Å²) in [7, 11) is 0. The lowest BCUT2D eigenvalue weighted by Crippen LogP contribution is -2.58. The van der Waals surface area contributed by atoms with Crippen LogP contribution in [0.2, 0.25) is 0 Å². The summed E-state index contributed by atoms with van der Waals surface area (Å²) in [5.74, 6) is -6.79. The monoisotopic (exact) mass is 341 g/mol. The third-order valence-electron chi connectivity index (χ3n) is 1.76. The third kappa shape index (κ3) is 2.76. The SMILES string of the molecule is FC(C1=NOC(C(F)(F)Cl)(C(F)(F)Cl)O1)C(F)(F)F. The zero-order valence-electron chi connectivity index (χ0n) is 8.12. The van der Waals surface area contributed by atoms with Crippen molar-refractivity contribution >= 4 is 29.1 Å². The molecule has 0 aliphatic carbocycles. The first-order valence-corrected chi connectivity index (χ1v) is 4.77. The molecule has 1 atom stereocenters. The van der Waals surface area contributed by atoms with Crippen LogP contribution in [0.3, 0.4) is 0 Å².